The van der Waals surface area contributed by atoms with E-state index in [2.05, 4.69) is 0 Å². The van der Waals surface area contributed by atoms with Gasteiger partial charge in [-0.15, -0.1) is 11.8 Å². The average Bonchev–Trinajstić information content (AvgIpc) is 2.14. The summed E-state index contributed by atoms with van der Waals surface area (Å²) in [7, 11) is 0. The van der Waals surface area contributed by atoms with Crippen LogP contribution in [-0.4, -0.2) is 10.7 Å². The van der Waals surface area contributed by atoms with E-state index in [4.69, 9.17) is 0 Å². The van der Waals surface area contributed by atoms with Gasteiger partial charge >= 0.3 is 0 Å². The molecule has 76 valence electrons. The van der Waals surface area contributed by atoms with Crippen LogP contribution < -0.4 is 0 Å². The average molecular weight is 215 g/mol. The standard InChI is InChI=1S/C9H10FNO2S/c1-2-3-14-9-5-7(10)4-8(6-9)11(12)13/h4-6H,2-3H2,1H3. The molecule has 0 fully saturated rings. The second-order valence-corrected chi connectivity index (χ2v) is 3.92. The number of nitrogens with zero attached hydrogens (tertiary/aromatic N) is 1. The Morgan fingerprint density at radius 3 is 2.79 bits per heavy atom. The summed E-state index contributed by atoms with van der Waals surface area (Å²) in [5.41, 5.74) is -0.191. The fourth-order valence-electron chi connectivity index (χ4n) is 0.957. The third-order valence-electron chi connectivity index (χ3n) is 1.54. The zero-order chi connectivity index (χ0) is 10.6. The van der Waals surface area contributed by atoms with Gasteiger partial charge in [-0.1, -0.05) is 6.92 Å². The Kier molecular flexibility index (Phi) is 3.88. The zero-order valence-corrected chi connectivity index (χ0v) is 8.51. The molecule has 0 unspecified atom stereocenters. The van der Waals surface area contributed by atoms with Gasteiger partial charge < -0.3 is 0 Å². The minimum absolute atomic E-state index is 0.191. The molecular weight excluding hydrogens is 205 g/mol. The molecule has 3 nitrogen and oxygen atoms in total. The lowest BCUT2D eigenvalue weighted by atomic mass is 10.3. The van der Waals surface area contributed by atoms with Gasteiger partial charge in [0.05, 0.1) is 11.0 Å². The monoisotopic (exact) mass is 215 g/mol. The van der Waals surface area contributed by atoms with Gasteiger partial charge in [0.1, 0.15) is 5.82 Å². The lowest BCUT2D eigenvalue weighted by Crippen LogP contribution is -1.90. The first-order valence-corrected chi connectivity index (χ1v) is 5.20. The lowest BCUT2D eigenvalue weighted by molar-refractivity contribution is -0.385. The summed E-state index contributed by atoms with van der Waals surface area (Å²) in [6, 6.07) is 3.63. The quantitative estimate of drug-likeness (QED) is 0.440. The molecule has 0 heterocycles. The third kappa shape index (κ3) is 2.99. The minimum Gasteiger partial charge on any atom is -0.258 e. The van der Waals surface area contributed by atoms with Crippen LogP contribution in [0.15, 0.2) is 23.1 Å². The van der Waals surface area contributed by atoms with Crippen LogP contribution in [0.25, 0.3) is 0 Å². The number of nitro groups is 1. The molecule has 0 radical (unpaired) electrons. The first kappa shape index (κ1) is 11.0. The van der Waals surface area contributed by atoms with Crippen LogP contribution >= 0.6 is 11.8 Å². The molecule has 0 aliphatic rings. The van der Waals surface area contributed by atoms with Crippen LogP contribution in [0, 0.1) is 15.9 Å². The van der Waals surface area contributed by atoms with Crippen LogP contribution in [0.3, 0.4) is 0 Å². The van der Waals surface area contributed by atoms with E-state index in [1.165, 1.54) is 23.9 Å². The van der Waals surface area contributed by atoms with Crippen LogP contribution in [-0.2, 0) is 0 Å². The molecule has 1 aromatic carbocycles. The fourth-order valence-corrected chi connectivity index (χ4v) is 1.80. The van der Waals surface area contributed by atoms with Crippen molar-refractivity contribution in [2.45, 2.75) is 18.2 Å². The maximum Gasteiger partial charge on any atom is 0.273 e. The maximum absolute atomic E-state index is 12.9. The number of rotatable bonds is 4. The van der Waals surface area contributed by atoms with Gasteiger partial charge in [0, 0.05) is 11.0 Å². The van der Waals surface area contributed by atoms with Gasteiger partial charge in [0.25, 0.3) is 5.69 Å². The van der Waals surface area contributed by atoms with Crippen molar-refractivity contribution in [1.82, 2.24) is 0 Å². The van der Waals surface area contributed by atoms with Gasteiger partial charge in [-0.3, -0.25) is 10.1 Å². The van der Waals surface area contributed by atoms with Crippen LogP contribution in [0.5, 0.6) is 0 Å². The van der Waals surface area contributed by atoms with Crippen molar-refractivity contribution in [2.24, 2.45) is 0 Å². The van der Waals surface area contributed by atoms with E-state index in [9.17, 15) is 14.5 Å². The normalized spacial score (nSPS) is 10.1. The van der Waals surface area contributed by atoms with Crippen molar-refractivity contribution in [1.29, 1.82) is 0 Å². The number of halogens is 1. The molecule has 0 saturated heterocycles. The predicted octanol–water partition coefficient (Wildman–Crippen LogP) is 3.24. The van der Waals surface area contributed by atoms with Gasteiger partial charge in [-0.2, -0.15) is 0 Å². The van der Waals surface area contributed by atoms with Gasteiger partial charge in [0.15, 0.2) is 0 Å². The highest BCUT2D eigenvalue weighted by Gasteiger charge is 2.09. The topological polar surface area (TPSA) is 43.1 Å². The summed E-state index contributed by atoms with van der Waals surface area (Å²) >= 11 is 1.42. The molecule has 0 spiro atoms. The van der Waals surface area contributed by atoms with Crippen molar-refractivity contribution in [3.63, 3.8) is 0 Å². The van der Waals surface area contributed by atoms with Crippen molar-refractivity contribution in [3.8, 4) is 0 Å². The van der Waals surface area contributed by atoms with Crippen LogP contribution in [0.2, 0.25) is 0 Å². The number of non-ortho nitro benzene ring substituents is 1. The summed E-state index contributed by atoms with van der Waals surface area (Å²) < 4.78 is 12.9. The second-order valence-electron chi connectivity index (χ2n) is 2.75. The van der Waals surface area contributed by atoms with E-state index in [-0.39, 0.29) is 5.69 Å². The summed E-state index contributed by atoms with van der Waals surface area (Å²) in [5.74, 6) is 0.276. The highest BCUT2D eigenvalue weighted by molar-refractivity contribution is 7.99. The molecule has 0 aliphatic heterocycles. The van der Waals surface area contributed by atoms with Gasteiger partial charge in [-0.05, 0) is 18.2 Å². The van der Waals surface area contributed by atoms with E-state index in [0.717, 1.165) is 18.2 Å². The van der Waals surface area contributed by atoms with Crippen molar-refractivity contribution in [2.75, 3.05) is 5.75 Å². The van der Waals surface area contributed by atoms with Gasteiger partial charge in [-0.25, -0.2) is 4.39 Å². The van der Waals surface area contributed by atoms with Crippen molar-refractivity contribution >= 4 is 17.4 Å². The maximum atomic E-state index is 12.9. The number of hydrogen-bond donors (Lipinski definition) is 0. The molecule has 1 aromatic rings. The summed E-state index contributed by atoms with van der Waals surface area (Å²) in [6.45, 7) is 2.00. The molecule has 0 aromatic heterocycles. The second kappa shape index (κ2) is 4.95. The number of thioether (sulfide) groups is 1. The SMILES string of the molecule is CCCSc1cc(F)cc([N+](=O)[O-])c1. The third-order valence-corrected chi connectivity index (χ3v) is 2.72. The molecule has 0 amide bonds. The number of benzene rings is 1. The van der Waals surface area contributed by atoms with Crippen molar-refractivity contribution < 1.29 is 9.31 Å². The van der Waals surface area contributed by atoms with Crippen molar-refractivity contribution in [3.05, 3.63) is 34.1 Å². The summed E-state index contributed by atoms with van der Waals surface area (Å²) in [5, 5.41) is 10.4. The molecule has 14 heavy (non-hydrogen) atoms. The summed E-state index contributed by atoms with van der Waals surface area (Å²) in [6.07, 6.45) is 0.953. The Balaban J connectivity index is 2.89. The first-order valence-electron chi connectivity index (χ1n) is 4.21. The van der Waals surface area contributed by atoms with E-state index >= 15 is 0 Å². The molecule has 5 heteroatoms. The Bertz CT molecular complexity index is 344. The summed E-state index contributed by atoms with van der Waals surface area (Å²) in [4.78, 5) is 10.4. The minimum atomic E-state index is -0.584. The van der Waals surface area contributed by atoms with E-state index in [1.807, 2.05) is 6.92 Å². The zero-order valence-electron chi connectivity index (χ0n) is 7.70. The molecule has 0 saturated carbocycles. The lowest BCUT2D eigenvalue weighted by Gasteiger charge is -1.99. The molecule has 1 rings (SSSR count). The Hall–Kier alpha value is -1.10. The predicted molar refractivity (Wildman–Crippen MR) is 54.1 cm³/mol. The Morgan fingerprint density at radius 1 is 1.50 bits per heavy atom. The van der Waals surface area contributed by atoms with Gasteiger partial charge in [0.2, 0.25) is 0 Å². The highest BCUT2D eigenvalue weighted by Crippen LogP contribution is 2.24. The fraction of sp³-hybridized carbons (Fsp3) is 0.333. The molecule has 0 N–H and O–H groups in total. The molecular formula is C9H10FNO2S. The first-order chi connectivity index (χ1) is 6.63. The number of nitro benzene ring substituents is 1. The number of hydrogen-bond acceptors (Lipinski definition) is 3. The Morgan fingerprint density at radius 2 is 2.21 bits per heavy atom. The van der Waals surface area contributed by atoms with E-state index < -0.39 is 10.7 Å². The molecule has 0 aliphatic carbocycles. The smallest absolute Gasteiger partial charge is 0.258 e. The van der Waals surface area contributed by atoms with E-state index in [0.29, 0.717) is 4.90 Å². The molecule has 0 atom stereocenters. The van der Waals surface area contributed by atoms with Crippen LogP contribution in [0.1, 0.15) is 13.3 Å². The van der Waals surface area contributed by atoms with Crippen LogP contribution in [0.4, 0.5) is 10.1 Å². The molecule has 0 bridgehead atoms. The highest BCUT2D eigenvalue weighted by atomic mass is 32.2. The van der Waals surface area contributed by atoms with E-state index in [1.54, 1.807) is 0 Å². The Labute approximate surface area is 85.5 Å². The largest absolute Gasteiger partial charge is 0.273 e.